The number of nitrogens with zero attached hydrogens (tertiary/aromatic N) is 2. The predicted molar refractivity (Wildman–Crippen MR) is 120 cm³/mol. The second-order valence-corrected chi connectivity index (χ2v) is 8.61. The first kappa shape index (κ1) is 18.8. The van der Waals surface area contributed by atoms with E-state index in [1.165, 1.54) is 24.9 Å². The van der Waals surface area contributed by atoms with Crippen LogP contribution in [0.3, 0.4) is 0 Å². The van der Waals surface area contributed by atoms with Crippen molar-refractivity contribution in [2.75, 3.05) is 23.3 Å². The van der Waals surface area contributed by atoms with Crippen LogP contribution in [-0.2, 0) is 4.74 Å². The first-order valence-corrected chi connectivity index (χ1v) is 10.9. The summed E-state index contributed by atoms with van der Waals surface area (Å²) in [5, 5.41) is 5.22. The largest absolute Gasteiger partial charge is 0.375 e. The fourth-order valence-electron chi connectivity index (χ4n) is 4.34. The zero-order valence-electron chi connectivity index (χ0n) is 16.7. The number of H-pyrrole nitrogens is 1. The molecule has 3 aromatic rings. The minimum Gasteiger partial charge on any atom is -0.375 e. The number of hydrogen-bond donors (Lipinski definition) is 2. The number of halogens is 1. The van der Waals surface area contributed by atoms with Gasteiger partial charge in [-0.3, -0.25) is 0 Å². The van der Waals surface area contributed by atoms with Gasteiger partial charge in [0, 0.05) is 53.3 Å². The lowest BCUT2D eigenvalue weighted by Crippen LogP contribution is -2.40. The molecule has 0 amide bonds. The Bertz CT molecular complexity index is 1010. The third-order valence-corrected chi connectivity index (χ3v) is 6.59. The van der Waals surface area contributed by atoms with E-state index in [4.69, 9.17) is 16.3 Å². The van der Waals surface area contributed by atoms with Gasteiger partial charge in [-0.2, -0.15) is 0 Å². The van der Waals surface area contributed by atoms with Gasteiger partial charge in [0.05, 0.1) is 17.2 Å². The second-order valence-electron chi connectivity index (χ2n) is 8.20. The summed E-state index contributed by atoms with van der Waals surface area (Å²) in [5.74, 6) is 0.873. The molecule has 6 heteroatoms. The highest BCUT2D eigenvalue weighted by Gasteiger charge is 2.26. The average molecular weight is 411 g/mol. The minimum atomic E-state index is 0.422. The van der Waals surface area contributed by atoms with Gasteiger partial charge in [-0.1, -0.05) is 11.6 Å². The highest BCUT2D eigenvalue weighted by atomic mass is 35.5. The molecule has 5 rings (SSSR count). The lowest BCUT2D eigenvalue weighted by atomic mass is 9.95. The van der Waals surface area contributed by atoms with Crippen LogP contribution < -0.4 is 10.2 Å². The number of benzene rings is 1. The lowest BCUT2D eigenvalue weighted by molar-refractivity contribution is -0.0596. The van der Waals surface area contributed by atoms with Crippen molar-refractivity contribution in [1.82, 2.24) is 9.97 Å². The van der Waals surface area contributed by atoms with Crippen molar-refractivity contribution >= 4 is 39.7 Å². The molecular formula is C23H27ClN4O. The van der Waals surface area contributed by atoms with Crippen LogP contribution in [0, 0.1) is 6.92 Å². The van der Waals surface area contributed by atoms with Crippen LogP contribution in [0.5, 0.6) is 0 Å². The Labute approximate surface area is 176 Å². The van der Waals surface area contributed by atoms with Gasteiger partial charge < -0.3 is 19.9 Å². The molecule has 0 bridgehead atoms. The maximum absolute atomic E-state index is 6.43. The highest BCUT2D eigenvalue weighted by Crippen LogP contribution is 2.33. The van der Waals surface area contributed by atoms with Crippen LogP contribution in [-0.4, -0.2) is 35.3 Å². The Morgan fingerprint density at radius 3 is 2.69 bits per heavy atom. The number of piperidine rings is 1. The van der Waals surface area contributed by atoms with Gasteiger partial charge in [-0.05, 0) is 63.3 Å². The van der Waals surface area contributed by atoms with Crippen molar-refractivity contribution < 1.29 is 4.74 Å². The fraction of sp³-hybridized carbons (Fsp3) is 0.435. The van der Waals surface area contributed by atoms with Crippen LogP contribution in [0.2, 0.25) is 5.02 Å². The van der Waals surface area contributed by atoms with Crippen molar-refractivity contribution in [2.24, 2.45) is 0 Å². The molecule has 2 aromatic heterocycles. The van der Waals surface area contributed by atoms with Crippen LogP contribution in [0.1, 0.15) is 37.7 Å². The van der Waals surface area contributed by atoms with Crippen LogP contribution >= 0.6 is 11.6 Å². The normalized spacial score (nSPS) is 18.2. The number of hydrogen-bond acceptors (Lipinski definition) is 4. The number of nitrogens with one attached hydrogen (secondary N) is 2. The monoisotopic (exact) mass is 410 g/mol. The van der Waals surface area contributed by atoms with Crippen molar-refractivity contribution in [3.63, 3.8) is 0 Å². The molecule has 3 heterocycles. The molecule has 2 fully saturated rings. The van der Waals surface area contributed by atoms with Crippen LogP contribution in [0.25, 0.3) is 10.9 Å². The van der Waals surface area contributed by atoms with E-state index < -0.39 is 0 Å². The third kappa shape index (κ3) is 3.81. The maximum atomic E-state index is 6.43. The molecule has 0 atom stereocenters. The minimum absolute atomic E-state index is 0.422. The number of pyridine rings is 1. The van der Waals surface area contributed by atoms with Crippen LogP contribution in [0.15, 0.2) is 36.7 Å². The van der Waals surface area contributed by atoms with E-state index in [0.29, 0.717) is 12.2 Å². The van der Waals surface area contributed by atoms with E-state index >= 15 is 0 Å². The van der Waals surface area contributed by atoms with Gasteiger partial charge in [-0.15, -0.1) is 0 Å². The van der Waals surface area contributed by atoms with E-state index in [1.807, 2.05) is 24.5 Å². The predicted octanol–water partition coefficient (Wildman–Crippen LogP) is 5.81. The molecule has 152 valence electrons. The first-order chi connectivity index (χ1) is 14.2. The summed E-state index contributed by atoms with van der Waals surface area (Å²) < 4.78 is 6.22. The summed E-state index contributed by atoms with van der Waals surface area (Å²) in [6, 6.07) is 8.13. The SMILES string of the molecule is Cc1c(N2CCC(OC3CCC3)CC2)ccnc1Nc1cc(Cl)c2cc[nH]c2c1. The Hall–Kier alpha value is -2.24. The summed E-state index contributed by atoms with van der Waals surface area (Å²) in [4.78, 5) is 10.3. The molecule has 1 saturated carbocycles. The summed E-state index contributed by atoms with van der Waals surface area (Å²) in [6.45, 7) is 4.19. The Morgan fingerprint density at radius 2 is 1.93 bits per heavy atom. The topological polar surface area (TPSA) is 53.2 Å². The standard InChI is InChI=1S/C23H27ClN4O/c1-15-22(28-11-7-18(8-12-28)29-17-3-2-4-17)6-10-26-23(15)27-16-13-20(24)19-5-9-25-21(19)14-16/h5-6,9-10,13-14,17-18,25H,2-4,7-8,11-12H2,1H3,(H,26,27). The molecule has 2 N–H and O–H groups in total. The van der Waals surface area contributed by atoms with E-state index in [-0.39, 0.29) is 0 Å². The number of aromatic nitrogens is 2. The molecule has 0 unspecified atom stereocenters. The maximum Gasteiger partial charge on any atom is 0.135 e. The van der Waals surface area contributed by atoms with Gasteiger partial charge in [-0.25, -0.2) is 4.98 Å². The second kappa shape index (κ2) is 7.88. The number of rotatable bonds is 5. The van der Waals surface area contributed by atoms with Gasteiger partial charge in [0.25, 0.3) is 0 Å². The summed E-state index contributed by atoms with van der Waals surface area (Å²) >= 11 is 6.43. The Balaban J connectivity index is 1.30. The molecule has 29 heavy (non-hydrogen) atoms. The molecular weight excluding hydrogens is 384 g/mol. The summed E-state index contributed by atoms with van der Waals surface area (Å²) in [6.07, 6.45) is 10.8. The van der Waals surface area contributed by atoms with E-state index in [1.54, 1.807) is 0 Å². The molecule has 0 radical (unpaired) electrons. The van der Waals surface area contributed by atoms with Gasteiger partial charge in [0.2, 0.25) is 0 Å². The lowest BCUT2D eigenvalue weighted by Gasteiger charge is -2.37. The molecule has 2 aliphatic rings. The molecule has 1 aromatic carbocycles. The number of ether oxygens (including phenoxy) is 1. The number of anilines is 3. The molecule has 1 aliphatic carbocycles. The molecule has 1 saturated heterocycles. The van der Waals surface area contributed by atoms with Crippen LogP contribution in [0.4, 0.5) is 17.2 Å². The zero-order chi connectivity index (χ0) is 19.8. The number of aromatic amines is 1. The van der Waals surface area contributed by atoms with Crippen molar-refractivity contribution in [2.45, 2.75) is 51.2 Å². The van der Waals surface area contributed by atoms with E-state index in [9.17, 15) is 0 Å². The van der Waals surface area contributed by atoms with Crippen molar-refractivity contribution in [1.29, 1.82) is 0 Å². The van der Waals surface area contributed by atoms with Gasteiger partial charge >= 0.3 is 0 Å². The van der Waals surface area contributed by atoms with Crippen molar-refractivity contribution in [3.05, 3.63) is 47.2 Å². The molecule has 1 aliphatic heterocycles. The van der Waals surface area contributed by atoms with E-state index in [2.05, 4.69) is 39.2 Å². The number of fused-ring (bicyclic) bond motifs is 1. The summed E-state index contributed by atoms with van der Waals surface area (Å²) in [5.41, 5.74) is 4.36. The van der Waals surface area contributed by atoms with Crippen molar-refractivity contribution in [3.8, 4) is 0 Å². The highest BCUT2D eigenvalue weighted by molar-refractivity contribution is 6.35. The smallest absolute Gasteiger partial charge is 0.135 e. The fourth-order valence-corrected chi connectivity index (χ4v) is 4.62. The van der Waals surface area contributed by atoms with E-state index in [0.717, 1.165) is 58.9 Å². The molecule has 0 spiro atoms. The summed E-state index contributed by atoms with van der Waals surface area (Å²) in [7, 11) is 0. The van der Waals surface area contributed by atoms with Gasteiger partial charge in [0.15, 0.2) is 0 Å². The Kier molecular flexibility index (Phi) is 5.10. The average Bonchev–Trinajstić information content (AvgIpc) is 3.16. The first-order valence-electron chi connectivity index (χ1n) is 10.6. The molecule has 5 nitrogen and oxygen atoms in total. The zero-order valence-corrected chi connectivity index (χ0v) is 17.5. The Morgan fingerprint density at radius 1 is 1.14 bits per heavy atom. The quantitative estimate of drug-likeness (QED) is 0.557. The third-order valence-electron chi connectivity index (χ3n) is 6.28. The van der Waals surface area contributed by atoms with Gasteiger partial charge in [0.1, 0.15) is 5.82 Å².